The molecule has 6 aromatic rings. The molecule has 7 heteroatoms. The van der Waals surface area contributed by atoms with Gasteiger partial charge in [-0.25, -0.2) is 18.6 Å². The van der Waals surface area contributed by atoms with Crippen molar-refractivity contribution in [3.8, 4) is 50.3 Å². The number of benzene rings is 4. The van der Waals surface area contributed by atoms with Gasteiger partial charge in [-0.05, 0) is 28.8 Å². The van der Waals surface area contributed by atoms with Crippen LogP contribution in [0.2, 0.25) is 0 Å². The molecule has 0 N–H and O–H groups in total. The summed E-state index contributed by atoms with van der Waals surface area (Å²) in [5, 5.41) is 0. The van der Waals surface area contributed by atoms with E-state index >= 15 is 0 Å². The lowest BCUT2D eigenvalue weighted by Crippen LogP contribution is -2.68. The van der Waals surface area contributed by atoms with Crippen molar-refractivity contribution in [3.05, 3.63) is 152 Å². The van der Waals surface area contributed by atoms with Gasteiger partial charge in [0.2, 0.25) is 11.4 Å². The third kappa shape index (κ3) is 6.91. The zero-order valence-corrected chi connectivity index (χ0v) is 22.6. The van der Waals surface area contributed by atoms with Gasteiger partial charge in [0, 0.05) is 35.7 Å². The summed E-state index contributed by atoms with van der Waals surface area (Å²) in [7, 11) is -4.94. The molecule has 0 radical (unpaired) electrons. The van der Waals surface area contributed by atoms with Gasteiger partial charge in [-0.3, -0.25) is 4.98 Å². The van der Waals surface area contributed by atoms with Crippen LogP contribution in [0.4, 0.5) is 0 Å². The van der Waals surface area contributed by atoms with Crippen LogP contribution < -0.4 is 23.2 Å². The first-order chi connectivity index (χ1) is 19.9. The molecule has 0 aliphatic rings. The van der Waals surface area contributed by atoms with Gasteiger partial charge in [0.15, 0.2) is 6.20 Å². The predicted molar refractivity (Wildman–Crippen MR) is 148 cm³/mol. The fraction of sp³-hybridized carbons (Fsp3) is 0. The van der Waals surface area contributed by atoms with Gasteiger partial charge in [-0.2, -0.15) is 4.57 Å². The molecule has 202 valence electrons. The number of rotatable bonds is 5. The van der Waals surface area contributed by atoms with Crippen LogP contribution in [-0.4, -0.2) is 4.98 Å². The molecule has 41 heavy (non-hydrogen) atoms. The first kappa shape index (κ1) is 27.9. The standard InChI is InChI=1S/C34H25N2.ClHO4/c1-5-13-26(14-6-1)31-25-36(30-21-23-35-24-22-30)34(29-19-11-4-12-20-29)33(28-17-9-3-10-18-28)32(31)27-15-7-2-8-16-27;2-1(3,4)5/h1-25H;(H,2,3,4,5)/q+1;/p-1. The van der Waals surface area contributed by atoms with Crippen LogP contribution in [0.1, 0.15) is 0 Å². The zero-order chi connectivity index (χ0) is 28.7. The Kier molecular flexibility index (Phi) is 8.60. The Labute approximate surface area is 240 Å². The molecule has 0 aliphatic heterocycles. The van der Waals surface area contributed by atoms with Crippen molar-refractivity contribution in [2.75, 3.05) is 0 Å². The van der Waals surface area contributed by atoms with Crippen LogP contribution in [0, 0.1) is 10.2 Å². The van der Waals surface area contributed by atoms with Crippen molar-refractivity contribution in [2.45, 2.75) is 0 Å². The summed E-state index contributed by atoms with van der Waals surface area (Å²) < 4.78 is 36.3. The number of aromatic nitrogens is 2. The predicted octanol–water partition coefficient (Wildman–Crippen LogP) is 3.27. The van der Waals surface area contributed by atoms with Gasteiger partial charge < -0.3 is 0 Å². The number of halogens is 1. The van der Waals surface area contributed by atoms with E-state index in [0.717, 1.165) is 16.9 Å². The molecule has 0 bridgehead atoms. The lowest BCUT2D eigenvalue weighted by molar-refractivity contribution is -2.00. The maximum absolute atomic E-state index is 8.49. The molecule has 0 fully saturated rings. The average molecular weight is 561 g/mol. The molecule has 0 saturated heterocycles. The van der Waals surface area contributed by atoms with Gasteiger partial charge in [0.05, 0.1) is 11.1 Å². The monoisotopic (exact) mass is 560 g/mol. The summed E-state index contributed by atoms with van der Waals surface area (Å²) in [6.07, 6.45) is 5.99. The third-order valence-corrected chi connectivity index (χ3v) is 6.45. The molecule has 0 unspecified atom stereocenters. The van der Waals surface area contributed by atoms with Crippen LogP contribution in [0.5, 0.6) is 0 Å². The minimum absolute atomic E-state index is 1.07. The molecule has 6 nitrogen and oxygen atoms in total. The quantitative estimate of drug-likeness (QED) is 0.301. The van der Waals surface area contributed by atoms with Gasteiger partial charge >= 0.3 is 0 Å². The molecule has 0 aliphatic carbocycles. The smallest absolute Gasteiger partial charge is 0.226 e. The van der Waals surface area contributed by atoms with E-state index in [1.165, 1.54) is 33.4 Å². The Hall–Kier alpha value is -4.69. The highest BCUT2D eigenvalue weighted by Crippen LogP contribution is 2.44. The minimum Gasteiger partial charge on any atom is -0.264 e. The summed E-state index contributed by atoms with van der Waals surface area (Å²) in [4.78, 5) is 4.29. The Bertz CT molecular complexity index is 1590. The third-order valence-electron chi connectivity index (χ3n) is 6.45. The van der Waals surface area contributed by atoms with Crippen molar-refractivity contribution in [3.63, 3.8) is 0 Å². The fourth-order valence-electron chi connectivity index (χ4n) is 4.85. The largest absolute Gasteiger partial charge is 0.264 e. The molecule has 2 aromatic heterocycles. The first-order valence-electron chi connectivity index (χ1n) is 12.8. The van der Waals surface area contributed by atoms with Crippen LogP contribution in [-0.2, 0) is 0 Å². The number of nitrogens with zero attached hydrogens (tertiary/aromatic N) is 2. The van der Waals surface area contributed by atoms with Crippen molar-refractivity contribution >= 4 is 0 Å². The molecule has 0 saturated carbocycles. The van der Waals surface area contributed by atoms with E-state index in [2.05, 4.69) is 149 Å². The highest BCUT2D eigenvalue weighted by molar-refractivity contribution is 5.98. The average Bonchev–Trinajstić information content (AvgIpc) is 3.01. The van der Waals surface area contributed by atoms with E-state index < -0.39 is 10.2 Å². The molecular formula is C34H25ClN2O4. The lowest BCUT2D eigenvalue weighted by Gasteiger charge is -2.19. The van der Waals surface area contributed by atoms with E-state index in [9.17, 15) is 0 Å². The van der Waals surface area contributed by atoms with Crippen LogP contribution in [0.25, 0.3) is 50.3 Å². The van der Waals surface area contributed by atoms with Gasteiger partial charge in [-0.15, -0.1) is 10.2 Å². The fourth-order valence-corrected chi connectivity index (χ4v) is 4.85. The van der Waals surface area contributed by atoms with Crippen molar-refractivity contribution in [1.82, 2.24) is 4.98 Å². The molecule has 6 rings (SSSR count). The summed E-state index contributed by atoms with van der Waals surface area (Å²) >= 11 is 0. The molecule has 2 heterocycles. The van der Waals surface area contributed by atoms with Crippen molar-refractivity contribution < 1.29 is 33.4 Å². The van der Waals surface area contributed by atoms with E-state index in [0.29, 0.717) is 0 Å². The molecule has 0 atom stereocenters. The van der Waals surface area contributed by atoms with Gasteiger partial charge in [-0.1, -0.05) is 109 Å². The van der Waals surface area contributed by atoms with Crippen molar-refractivity contribution in [2.24, 2.45) is 0 Å². The number of hydrogen-bond donors (Lipinski definition) is 0. The minimum atomic E-state index is -4.94. The summed E-state index contributed by atoms with van der Waals surface area (Å²) in [6.45, 7) is 0. The summed E-state index contributed by atoms with van der Waals surface area (Å²) in [6, 6.07) is 46.9. The van der Waals surface area contributed by atoms with E-state index in [1.54, 1.807) is 0 Å². The maximum Gasteiger partial charge on any atom is 0.226 e. The SMILES string of the molecule is [O-][Cl+3]([O-])([O-])[O-].c1ccc(-c2c[n+](-c3ccncc3)c(-c3ccccc3)c(-c3ccccc3)c2-c2ccccc2)cc1. The normalized spacial score (nSPS) is 10.9. The molecule has 4 aromatic carbocycles. The van der Waals surface area contributed by atoms with Crippen LogP contribution >= 0.6 is 0 Å². The van der Waals surface area contributed by atoms with Gasteiger partial charge in [0.1, 0.15) is 0 Å². The first-order valence-corrected chi connectivity index (χ1v) is 14.0. The Morgan fingerprint density at radius 2 is 0.854 bits per heavy atom. The Morgan fingerprint density at radius 1 is 0.463 bits per heavy atom. The Balaban J connectivity index is 0.000000623. The lowest BCUT2D eigenvalue weighted by atomic mass is 9.85. The highest BCUT2D eigenvalue weighted by Gasteiger charge is 2.29. The topological polar surface area (TPSA) is 109 Å². The van der Waals surface area contributed by atoms with E-state index in [-0.39, 0.29) is 0 Å². The Morgan fingerprint density at radius 3 is 1.32 bits per heavy atom. The van der Waals surface area contributed by atoms with E-state index in [1.807, 2.05) is 12.4 Å². The van der Waals surface area contributed by atoms with E-state index in [4.69, 9.17) is 18.6 Å². The van der Waals surface area contributed by atoms with Crippen LogP contribution in [0.15, 0.2) is 152 Å². The maximum atomic E-state index is 8.49. The van der Waals surface area contributed by atoms with Crippen molar-refractivity contribution in [1.29, 1.82) is 0 Å². The molecule has 0 amide bonds. The second kappa shape index (κ2) is 12.7. The summed E-state index contributed by atoms with van der Waals surface area (Å²) in [5.74, 6) is 0. The van der Waals surface area contributed by atoms with Gasteiger partial charge in [0.25, 0.3) is 0 Å². The molecular weight excluding hydrogens is 536 g/mol. The molecule has 0 spiro atoms. The number of pyridine rings is 2. The highest BCUT2D eigenvalue weighted by atomic mass is 35.7. The summed E-state index contributed by atoms with van der Waals surface area (Å²) in [5.41, 5.74) is 10.5. The second-order valence-electron chi connectivity index (χ2n) is 9.06. The van der Waals surface area contributed by atoms with Crippen LogP contribution in [0.3, 0.4) is 0 Å². The second-order valence-corrected chi connectivity index (χ2v) is 9.81. The number of hydrogen-bond acceptors (Lipinski definition) is 5. The zero-order valence-electron chi connectivity index (χ0n) is 21.8.